The van der Waals surface area contributed by atoms with Crippen LogP contribution in [0.3, 0.4) is 0 Å². The number of furan rings is 1. The number of ether oxygens (including phenoxy) is 1. The average Bonchev–Trinajstić information content (AvgIpc) is 4.16. The van der Waals surface area contributed by atoms with Crippen molar-refractivity contribution in [3.8, 4) is 45.2 Å². The highest BCUT2D eigenvalue weighted by molar-refractivity contribution is 5.98. The number of aromatic nitrogens is 1. The fraction of sp³-hybridized carbons (Fsp3) is 0.179. The predicted molar refractivity (Wildman–Crippen MR) is 288 cm³/mol. The standard InChI is InChI=1S/C67H50N2O3/c1-36-57-37(2)62-61(45-19-9-14-24-54(45)70-62)66(6)59(57)38(3)60-58(36)44-18-8-11-21-50(44)67(60)51-22-12-15-25-55(51)71-63-46(39-27-29-40(30-28-39)64-68-53-23-13-16-26-56(53)72-64)34-42(35-52(63)67)69(66)41-31-32-49-47(33-41)43-17-7-10-20-48(43)65(49,4)5/h7-38H,1-6H3. The minimum atomic E-state index is -0.732. The molecule has 5 nitrogen and oxygen atoms in total. The van der Waals surface area contributed by atoms with Gasteiger partial charge in [0, 0.05) is 67.7 Å². The van der Waals surface area contributed by atoms with Crippen LogP contribution in [-0.4, -0.2) is 4.98 Å². The van der Waals surface area contributed by atoms with Crippen LogP contribution in [0.25, 0.3) is 61.4 Å². The molecule has 4 aliphatic carbocycles. The Balaban J connectivity index is 1.07. The Labute approximate surface area is 418 Å². The van der Waals surface area contributed by atoms with Crippen LogP contribution in [0, 0.1) is 11.8 Å². The molecule has 0 fully saturated rings. The maximum atomic E-state index is 7.47. The number of nitrogens with zero attached hydrogens (tertiary/aromatic N) is 2. The number of oxazole rings is 1. The van der Waals surface area contributed by atoms with Crippen molar-refractivity contribution in [2.75, 3.05) is 4.90 Å². The first-order valence-corrected chi connectivity index (χ1v) is 25.7. The molecule has 5 atom stereocenters. The zero-order valence-electron chi connectivity index (χ0n) is 41.1. The molecule has 0 N–H and O–H groups in total. The van der Waals surface area contributed by atoms with Crippen LogP contribution in [0.5, 0.6) is 11.5 Å². The third-order valence-corrected chi connectivity index (χ3v) is 18.1. The van der Waals surface area contributed by atoms with Crippen LogP contribution in [0.4, 0.5) is 11.4 Å². The van der Waals surface area contributed by atoms with Gasteiger partial charge < -0.3 is 18.5 Å². The second-order valence-corrected chi connectivity index (χ2v) is 21.8. The molecule has 5 unspecified atom stereocenters. The smallest absolute Gasteiger partial charge is 0.227 e. The molecule has 346 valence electrons. The van der Waals surface area contributed by atoms with Gasteiger partial charge in [0.25, 0.3) is 0 Å². The van der Waals surface area contributed by atoms with E-state index in [1.54, 1.807) is 0 Å². The number of hydrogen-bond acceptors (Lipinski definition) is 5. The van der Waals surface area contributed by atoms with E-state index in [4.69, 9.17) is 18.6 Å². The van der Waals surface area contributed by atoms with E-state index in [0.717, 1.165) is 67.4 Å². The van der Waals surface area contributed by atoms with Gasteiger partial charge in [0.15, 0.2) is 5.58 Å². The lowest BCUT2D eigenvalue weighted by Crippen LogP contribution is -2.49. The maximum Gasteiger partial charge on any atom is 0.227 e. The van der Waals surface area contributed by atoms with Gasteiger partial charge in [-0.1, -0.05) is 155 Å². The Morgan fingerprint density at radius 2 is 1.17 bits per heavy atom. The van der Waals surface area contributed by atoms with Crippen LogP contribution in [0.2, 0.25) is 0 Å². The number of allylic oxidation sites excluding steroid dienone is 3. The fourth-order valence-corrected chi connectivity index (χ4v) is 15.4. The Bertz CT molecular complexity index is 4110. The van der Waals surface area contributed by atoms with E-state index in [1.807, 2.05) is 24.3 Å². The first-order chi connectivity index (χ1) is 35.1. The van der Waals surface area contributed by atoms with E-state index in [9.17, 15) is 0 Å². The topological polar surface area (TPSA) is 51.6 Å². The van der Waals surface area contributed by atoms with E-state index in [1.165, 1.54) is 72.4 Å². The number of hydrogen-bond donors (Lipinski definition) is 0. The van der Waals surface area contributed by atoms with Crippen molar-refractivity contribution in [2.45, 2.75) is 63.8 Å². The van der Waals surface area contributed by atoms with E-state index in [0.29, 0.717) is 5.89 Å². The molecule has 16 rings (SSSR count). The van der Waals surface area contributed by atoms with E-state index in [-0.39, 0.29) is 23.2 Å². The summed E-state index contributed by atoms with van der Waals surface area (Å²) in [5, 5.41) is 1.16. The Morgan fingerprint density at radius 3 is 1.99 bits per heavy atom. The lowest BCUT2D eigenvalue weighted by atomic mass is 9.55. The summed E-state index contributed by atoms with van der Waals surface area (Å²) in [5.74, 6) is 3.58. The van der Waals surface area contributed by atoms with Crippen molar-refractivity contribution in [3.63, 3.8) is 0 Å². The third-order valence-electron chi connectivity index (χ3n) is 18.1. The lowest BCUT2D eigenvalue weighted by Gasteiger charge is -2.53. The minimum absolute atomic E-state index is 0.0109. The summed E-state index contributed by atoms with van der Waals surface area (Å²) in [6, 6.07) is 64.9. The number of benzene rings is 8. The summed E-state index contributed by atoms with van der Waals surface area (Å²) in [5.41, 5.74) is 23.6. The predicted octanol–water partition coefficient (Wildman–Crippen LogP) is 17.2. The molecule has 0 saturated heterocycles. The van der Waals surface area contributed by atoms with Gasteiger partial charge in [0.05, 0.1) is 11.0 Å². The van der Waals surface area contributed by atoms with Crippen molar-refractivity contribution in [1.29, 1.82) is 0 Å². The molecule has 2 aliphatic heterocycles. The van der Waals surface area contributed by atoms with Gasteiger partial charge in [-0.15, -0.1) is 0 Å². The Morgan fingerprint density at radius 1 is 0.500 bits per heavy atom. The molecular weight excluding hydrogens is 881 g/mol. The number of rotatable bonds is 3. The summed E-state index contributed by atoms with van der Waals surface area (Å²) >= 11 is 0. The summed E-state index contributed by atoms with van der Waals surface area (Å²) in [6.45, 7) is 14.7. The van der Waals surface area contributed by atoms with Crippen molar-refractivity contribution >= 4 is 39.0 Å². The molecule has 8 aromatic carbocycles. The van der Waals surface area contributed by atoms with Gasteiger partial charge in [-0.25, -0.2) is 4.98 Å². The molecule has 5 heteroatoms. The molecule has 0 saturated carbocycles. The van der Waals surface area contributed by atoms with Crippen LogP contribution in [0.15, 0.2) is 201 Å². The molecule has 0 radical (unpaired) electrons. The SMILES string of the molecule is CC1C2=C3C(C)C4=C1C(C)c1oc5ccccc5c1C4(C)N(c1ccc4c(c1)-c1ccccc1C4(C)C)c1cc(-c4ccc(-c5nc6ccccc6o5)cc4)c4c(c1)C3(c1ccccc1O4)c1ccccc12. The first kappa shape index (κ1) is 40.6. The third kappa shape index (κ3) is 4.74. The summed E-state index contributed by atoms with van der Waals surface area (Å²) < 4.78 is 21.0. The molecule has 2 aromatic heterocycles. The number of para-hydroxylation sites is 4. The highest BCUT2D eigenvalue weighted by Gasteiger charge is 2.62. The van der Waals surface area contributed by atoms with Crippen LogP contribution in [-0.2, 0) is 16.4 Å². The van der Waals surface area contributed by atoms with Crippen molar-refractivity contribution in [3.05, 3.63) is 237 Å². The normalized spacial score (nSPS) is 23.2. The van der Waals surface area contributed by atoms with Gasteiger partial charge in [-0.3, -0.25) is 0 Å². The Hall–Kier alpha value is -8.15. The highest BCUT2D eigenvalue weighted by atomic mass is 16.5. The van der Waals surface area contributed by atoms with Gasteiger partial charge in [-0.05, 0) is 123 Å². The molecule has 4 heterocycles. The second kappa shape index (κ2) is 13.6. The van der Waals surface area contributed by atoms with Gasteiger partial charge >= 0.3 is 0 Å². The summed E-state index contributed by atoms with van der Waals surface area (Å²) in [4.78, 5) is 7.61. The fourth-order valence-electron chi connectivity index (χ4n) is 15.4. The summed E-state index contributed by atoms with van der Waals surface area (Å²) in [7, 11) is 0. The Kier molecular flexibility index (Phi) is 7.68. The molecule has 10 aromatic rings. The zero-order chi connectivity index (χ0) is 48.2. The van der Waals surface area contributed by atoms with Crippen molar-refractivity contribution in [1.82, 2.24) is 4.98 Å². The number of anilines is 2. The quantitative estimate of drug-likeness (QED) is 0.165. The first-order valence-electron chi connectivity index (χ1n) is 25.7. The summed E-state index contributed by atoms with van der Waals surface area (Å²) in [6.07, 6.45) is 0. The molecule has 1 spiro atoms. The van der Waals surface area contributed by atoms with Crippen molar-refractivity contribution in [2.24, 2.45) is 11.8 Å². The maximum absolute atomic E-state index is 7.47. The monoisotopic (exact) mass is 930 g/mol. The van der Waals surface area contributed by atoms with E-state index in [2.05, 4.69) is 198 Å². The zero-order valence-corrected chi connectivity index (χ0v) is 41.1. The lowest BCUT2D eigenvalue weighted by molar-refractivity contribution is 0.402. The molecule has 4 bridgehead atoms. The van der Waals surface area contributed by atoms with Crippen LogP contribution >= 0.6 is 0 Å². The van der Waals surface area contributed by atoms with Gasteiger partial charge in [0.1, 0.15) is 28.4 Å². The van der Waals surface area contributed by atoms with E-state index < -0.39 is 11.0 Å². The minimum Gasteiger partial charge on any atom is -0.460 e. The van der Waals surface area contributed by atoms with Gasteiger partial charge in [-0.2, -0.15) is 0 Å². The van der Waals surface area contributed by atoms with Crippen LogP contribution < -0.4 is 9.64 Å². The second-order valence-electron chi connectivity index (χ2n) is 21.8. The molecule has 72 heavy (non-hydrogen) atoms. The largest absolute Gasteiger partial charge is 0.460 e. The molecule has 6 aliphatic rings. The van der Waals surface area contributed by atoms with Crippen LogP contribution in [0.1, 0.15) is 92.2 Å². The molecule has 0 amide bonds. The van der Waals surface area contributed by atoms with Gasteiger partial charge in [0.2, 0.25) is 5.89 Å². The average molecular weight is 931 g/mol. The van der Waals surface area contributed by atoms with Crippen molar-refractivity contribution < 1.29 is 13.6 Å². The number of fused-ring (bicyclic) bond motifs is 12. The van der Waals surface area contributed by atoms with E-state index >= 15 is 0 Å². The molecular formula is C67H50N2O3. The highest BCUT2D eigenvalue weighted by Crippen LogP contribution is 2.72.